The molecule has 9 aromatic rings. The highest BCUT2D eigenvalue weighted by Crippen LogP contribution is 2.48. The summed E-state index contributed by atoms with van der Waals surface area (Å²) in [6.45, 7) is 12.3. The predicted octanol–water partition coefficient (Wildman–Crippen LogP) is 19.7. The molecule has 324 valence electrons. The van der Waals surface area contributed by atoms with Gasteiger partial charge in [-0.25, -0.2) is 0 Å². The monoisotopic (exact) mass is 889 g/mol. The van der Waals surface area contributed by atoms with Crippen molar-refractivity contribution in [2.75, 3.05) is 0 Å². The minimum Gasteiger partial charge on any atom is -0.354 e. The fourth-order valence-corrected chi connectivity index (χ4v) is 12.5. The normalized spacial score (nSPS) is 13.8. The van der Waals surface area contributed by atoms with Gasteiger partial charge in [-0.3, -0.25) is 0 Å². The molecule has 3 aliphatic carbocycles. The van der Waals surface area contributed by atoms with Gasteiger partial charge >= 0.3 is 0 Å². The number of fused-ring (bicyclic) bond motifs is 10. The first-order valence-electron chi connectivity index (χ1n) is 23.5. The Balaban J connectivity index is 0.00000110. The molecule has 1 nitrogen and oxygen atoms in total. The maximum atomic E-state index is 3.78. The number of hydrogen-bond acceptors (Lipinski definition) is 2. The van der Waals surface area contributed by atoms with Crippen LogP contribution >= 0.6 is 22.7 Å². The molecular formula is C63H55NS2. The zero-order valence-electron chi connectivity index (χ0n) is 38.6. The van der Waals surface area contributed by atoms with Gasteiger partial charge in [-0.2, -0.15) is 0 Å². The van der Waals surface area contributed by atoms with Gasteiger partial charge in [-0.05, 0) is 130 Å². The van der Waals surface area contributed by atoms with Crippen molar-refractivity contribution in [3.05, 3.63) is 207 Å². The van der Waals surface area contributed by atoms with E-state index in [0.717, 1.165) is 24.2 Å². The summed E-state index contributed by atoms with van der Waals surface area (Å²) >= 11 is 3.85. The Kier molecular flexibility index (Phi) is 12.0. The quantitative estimate of drug-likeness (QED) is 0.166. The highest BCUT2D eigenvalue weighted by Gasteiger charge is 2.23. The number of H-pyrrole nitrogens is 1. The molecule has 0 amide bonds. The third-order valence-corrected chi connectivity index (χ3v) is 15.3. The number of rotatable bonds is 5. The van der Waals surface area contributed by atoms with E-state index in [1.54, 1.807) is 0 Å². The van der Waals surface area contributed by atoms with E-state index in [1.807, 2.05) is 50.4 Å². The van der Waals surface area contributed by atoms with Crippen LogP contribution in [0.4, 0.5) is 0 Å². The van der Waals surface area contributed by atoms with Crippen molar-refractivity contribution in [1.29, 1.82) is 0 Å². The van der Waals surface area contributed by atoms with Crippen LogP contribution in [0, 0.1) is 6.92 Å². The summed E-state index contributed by atoms with van der Waals surface area (Å²) in [6, 6.07) is 42.8. The lowest BCUT2D eigenvalue weighted by molar-refractivity contribution is 1.34. The summed E-state index contributed by atoms with van der Waals surface area (Å²) in [6.07, 6.45) is 26.9. The highest BCUT2D eigenvalue weighted by atomic mass is 32.1. The van der Waals surface area contributed by atoms with Crippen molar-refractivity contribution < 1.29 is 1.43 Å². The maximum absolute atomic E-state index is 3.78. The Morgan fingerprint density at radius 1 is 0.606 bits per heavy atom. The Morgan fingerprint density at radius 2 is 1.29 bits per heavy atom. The van der Waals surface area contributed by atoms with Gasteiger partial charge < -0.3 is 4.98 Å². The van der Waals surface area contributed by atoms with Crippen molar-refractivity contribution >= 4 is 111 Å². The molecular weight excluding hydrogens is 835 g/mol. The van der Waals surface area contributed by atoms with Gasteiger partial charge in [0.2, 0.25) is 0 Å². The number of hydrogen-bond donors (Lipinski definition) is 1. The summed E-state index contributed by atoms with van der Waals surface area (Å²) < 4.78 is 4.01. The summed E-state index contributed by atoms with van der Waals surface area (Å²) in [5.74, 6) is 0. The molecule has 0 atom stereocenters. The van der Waals surface area contributed by atoms with Crippen LogP contribution in [0.1, 0.15) is 98.5 Å². The molecule has 12 rings (SSSR count). The van der Waals surface area contributed by atoms with Crippen LogP contribution in [0.15, 0.2) is 157 Å². The van der Waals surface area contributed by atoms with Crippen molar-refractivity contribution in [2.45, 2.75) is 54.4 Å². The predicted molar refractivity (Wildman–Crippen MR) is 298 cm³/mol. The van der Waals surface area contributed by atoms with Crippen LogP contribution in [0.5, 0.6) is 0 Å². The first-order chi connectivity index (χ1) is 32.6. The Labute approximate surface area is 398 Å². The van der Waals surface area contributed by atoms with E-state index in [4.69, 9.17) is 0 Å². The second-order valence-corrected chi connectivity index (χ2v) is 18.5. The van der Waals surface area contributed by atoms with Gasteiger partial charge in [-0.15, -0.1) is 28.4 Å². The van der Waals surface area contributed by atoms with E-state index in [9.17, 15) is 0 Å². The molecule has 6 aromatic carbocycles. The second kappa shape index (κ2) is 18.5. The lowest BCUT2D eigenvalue weighted by Gasteiger charge is -2.09. The standard InChI is InChI=1S/C59H41NS2.2C2H6.H2/c1-3-13-38-32-42(29-28-36(38)2)46-21-11-25-51-50-24-10-20-45(57(50)62-58(46)51)41-17-9-27-55-53(35-41)52-34-40(16-8-26-54(52)60-55)44-18-6-7-19-48-49-23-12-22-47(59(49)61-56(44)48)43-31-30-37-14-4-5-15-39(37)33-43;2*1-2;/h3-5,7,9-16,18-35,60H,6,17H2,1-2H3;2*1-2H3;1H/b13-3-;;;. The van der Waals surface area contributed by atoms with E-state index in [1.165, 1.54) is 118 Å². The first-order valence-corrected chi connectivity index (χ1v) is 25.1. The largest absolute Gasteiger partial charge is 0.354 e. The van der Waals surface area contributed by atoms with E-state index in [-0.39, 0.29) is 1.43 Å². The van der Waals surface area contributed by atoms with Gasteiger partial charge in [0.05, 0.1) is 5.69 Å². The topological polar surface area (TPSA) is 15.8 Å². The van der Waals surface area contributed by atoms with Gasteiger partial charge in [0.1, 0.15) is 0 Å². The number of benzene rings is 6. The van der Waals surface area contributed by atoms with Gasteiger partial charge in [0, 0.05) is 65.0 Å². The van der Waals surface area contributed by atoms with Gasteiger partial charge in [0.25, 0.3) is 0 Å². The summed E-state index contributed by atoms with van der Waals surface area (Å²) in [5, 5.41) is 6.47. The summed E-state index contributed by atoms with van der Waals surface area (Å²) in [5.41, 5.74) is 22.3. The van der Waals surface area contributed by atoms with Crippen LogP contribution in [0.25, 0.3) is 111 Å². The fourth-order valence-electron chi connectivity index (χ4n) is 9.69. The van der Waals surface area contributed by atoms with Crippen molar-refractivity contribution in [2.24, 2.45) is 0 Å². The minimum atomic E-state index is 0. The van der Waals surface area contributed by atoms with E-state index >= 15 is 0 Å². The van der Waals surface area contributed by atoms with E-state index in [0.29, 0.717) is 0 Å². The molecule has 3 aliphatic rings. The minimum absolute atomic E-state index is 0. The zero-order valence-corrected chi connectivity index (χ0v) is 40.2. The number of aromatic nitrogens is 1. The van der Waals surface area contributed by atoms with Crippen LogP contribution in [-0.4, -0.2) is 4.98 Å². The molecule has 0 radical (unpaired) electrons. The molecule has 0 aliphatic heterocycles. The second-order valence-electron chi connectivity index (χ2n) is 16.5. The van der Waals surface area contributed by atoms with E-state index in [2.05, 4.69) is 207 Å². The molecule has 66 heavy (non-hydrogen) atoms. The SMILES string of the molecule is C/C=C\c1cc(-c2cccc3c2sc2c(C4=Cc5c([nH]c6c5C=C(C5=CCC=Cc7c5sc5c(-c8ccc9ccccc9c8)cccc75)C=C=C6)C=CC4)cccc23)ccc1C.CC.CC.[HH]. The molecule has 0 saturated heterocycles. The number of nitrogens with one attached hydrogen (secondary N) is 1. The third-order valence-electron chi connectivity index (χ3n) is 12.8. The molecule has 0 fully saturated rings. The van der Waals surface area contributed by atoms with Gasteiger partial charge in [0.15, 0.2) is 0 Å². The number of aromatic amines is 1. The Morgan fingerprint density at radius 3 is 2.08 bits per heavy atom. The zero-order chi connectivity index (χ0) is 45.3. The Hall–Kier alpha value is -7.00. The lowest BCUT2D eigenvalue weighted by Crippen LogP contribution is -1.89. The molecule has 0 unspecified atom stereocenters. The smallest absolute Gasteiger partial charge is 0.0543 e. The average molecular weight is 890 g/mol. The first kappa shape index (κ1) is 42.9. The Bertz CT molecular complexity index is 3630. The number of thiophene rings is 2. The van der Waals surface area contributed by atoms with Crippen LogP contribution in [0.3, 0.4) is 0 Å². The lowest BCUT2D eigenvalue weighted by atomic mass is 9.95. The summed E-state index contributed by atoms with van der Waals surface area (Å²) in [4.78, 5) is 5.09. The third kappa shape index (κ3) is 7.54. The molecule has 0 bridgehead atoms. The maximum Gasteiger partial charge on any atom is 0.0543 e. The molecule has 0 saturated carbocycles. The fraction of sp³-hybridized carbons (Fsp3) is 0.127. The number of aryl methyl sites for hydroxylation is 1. The summed E-state index contributed by atoms with van der Waals surface area (Å²) in [7, 11) is 0. The molecule has 1 N–H and O–H groups in total. The molecule has 3 aromatic heterocycles. The average Bonchev–Trinajstić information content (AvgIpc) is 3.83. The molecule has 3 heteroatoms. The molecule has 3 heterocycles. The van der Waals surface area contributed by atoms with Crippen LogP contribution < -0.4 is 0 Å². The van der Waals surface area contributed by atoms with Crippen molar-refractivity contribution in [3.63, 3.8) is 0 Å². The van der Waals surface area contributed by atoms with Crippen molar-refractivity contribution in [1.82, 2.24) is 4.98 Å². The van der Waals surface area contributed by atoms with Crippen LogP contribution in [0.2, 0.25) is 0 Å². The van der Waals surface area contributed by atoms with Crippen LogP contribution in [-0.2, 0) is 0 Å². The highest BCUT2D eigenvalue weighted by molar-refractivity contribution is 7.26. The van der Waals surface area contributed by atoms with Crippen molar-refractivity contribution in [3.8, 4) is 22.3 Å². The van der Waals surface area contributed by atoms with E-state index < -0.39 is 0 Å². The number of allylic oxidation sites excluding steroid dienone is 8. The van der Waals surface area contributed by atoms with Gasteiger partial charge in [-0.1, -0.05) is 167 Å². The molecule has 0 spiro atoms.